The van der Waals surface area contributed by atoms with E-state index in [1.807, 2.05) is 0 Å². The van der Waals surface area contributed by atoms with Crippen molar-refractivity contribution in [3.8, 4) is 0 Å². The second kappa shape index (κ2) is 8.79. The number of hydrogen-bond donors (Lipinski definition) is 0. The minimum absolute atomic E-state index is 0. The van der Waals surface area contributed by atoms with Crippen LogP contribution in [0.15, 0.2) is 0 Å². The number of rotatable bonds is 9. The van der Waals surface area contributed by atoms with Gasteiger partial charge >= 0.3 is 5.97 Å². The normalized spacial score (nSPS) is 29.7. The van der Waals surface area contributed by atoms with Gasteiger partial charge in [-0.1, -0.05) is 34.6 Å². The molecular formula is C21H40ClNO3. The minimum Gasteiger partial charge on any atom is -1.00 e. The molecule has 26 heavy (non-hydrogen) atoms. The van der Waals surface area contributed by atoms with Gasteiger partial charge in [0.15, 0.2) is 6.54 Å². The number of nitrogens with zero attached hydrogens (tertiary/aromatic N) is 1. The molecule has 0 aromatic carbocycles. The molecular weight excluding hydrogens is 350 g/mol. The first-order chi connectivity index (χ1) is 11.5. The van der Waals surface area contributed by atoms with E-state index in [1.165, 1.54) is 19.3 Å². The van der Waals surface area contributed by atoms with E-state index in [0.29, 0.717) is 40.5 Å². The van der Waals surface area contributed by atoms with Gasteiger partial charge < -0.3 is 26.4 Å². The van der Waals surface area contributed by atoms with Gasteiger partial charge in [-0.3, -0.25) is 0 Å². The van der Waals surface area contributed by atoms with E-state index in [1.54, 1.807) is 0 Å². The van der Waals surface area contributed by atoms with Crippen LogP contribution in [-0.4, -0.2) is 57.0 Å². The molecule has 2 aliphatic rings. The molecule has 0 N–H and O–H groups in total. The first-order valence-electron chi connectivity index (χ1n) is 10.1. The highest BCUT2D eigenvalue weighted by Gasteiger charge is 2.61. The minimum atomic E-state index is -0.0985. The molecule has 2 saturated carbocycles. The number of hydrogen-bond acceptors (Lipinski definition) is 3. The summed E-state index contributed by atoms with van der Waals surface area (Å²) in [5.74, 6) is 1.27. The molecule has 2 bridgehead atoms. The van der Waals surface area contributed by atoms with Crippen molar-refractivity contribution in [1.82, 2.24) is 0 Å². The summed E-state index contributed by atoms with van der Waals surface area (Å²) < 4.78 is 12.3. The Bertz CT molecular complexity index is 478. The molecule has 0 saturated heterocycles. The lowest BCUT2D eigenvalue weighted by molar-refractivity contribution is -0.883. The standard InChI is InChI=1S/C21H40NO3.ClH/c1-16(2)9-12-25-19(23)15-22(6,7)11-13-24-18-14-17-8-10-21(18,5)20(17,3)4;/h16-18H,8-15H2,1-7H3;1H/q+1;/p-1. The van der Waals surface area contributed by atoms with E-state index in [-0.39, 0.29) is 18.4 Å². The van der Waals surface area contributed by atoms with Crippen molar-refractivity contribution >= 4 is 5.97 Å². The topological polar surface area (TPSA) is 35.5 Å². The fraction of sp³-hybridized carbons (Fsp3) is 0.952. The number of carbonyl (C=O) groups is 1. The first-order valence-corrected chi connectivity index (χ1v) is 10.1. The maximum Gasteiger partial charge on any atom is 0.361 e. The monoisotopic (exact) mass is 389 g/mol. The lowest BCUT2D eigenvalue weighted by Gasteiger charge is -2.39. The Morgan fingerprint density at radius 1 is 1.19 bits per heavy atom. The maximum absolute atomic E-state index is 12.0. The smallest absolute Gasteiger partial charge is 0.361 e. The number of halogens is 1. The van der Waals surface area contributed by atoms with E-state index in [0.717, 1.165) is 25.5 Å². The van der Waals surface area contributed by atoms with Crippen LogP contribution in [0.25, 0.3) is 0 Å². The lowest BCUT2D eigenvalue weighted by atomic mass is 9.70. The predicted molar refractivity (Wildman–Crippen MR) is 101 cm³/mol. The second-order valence-corrected chi connectivity index (χ2v) is 10.2. The summed E-state index contributed by atoms with van der Waals surface area (Å²) in [5, 5.41) is 0. The molecule has 5 heteroatoms. The van der Waals surface area contributed by atoms with Crippen LogP contribution in [0.3, 0.4) is 0 Å². The van der Waals surface area contributed by atoms with Crippen LogP contribution in [0.5, 0.6) is 0 Å². The summed E-state index contributed by atoms with van der Waals surface area (Å²) >= 11 is 0. The Balaban J connectivity index is 0.00000338. The van der Waals surface area contributed by atoms with Crippen LogP contribution >= 0.6 is 0 Å². The molecule has 2 fully saturated rings. The third-order valence-corrected chi connectivity index (χ3v) is 7.24. The van der Waals surface area contributed by atoms with Gasteiger partial charge in [-0.25, -0.2) is 4.79 Å². The molecule has 2 aliphatic carbocycles. The van der Waals surface area contributed by atoms with Crippen molar-refractivity contribution in [1.29, 1.82) is 0 Å². The zero-order chi connectivity index (χ0) is 18.9. The number of ether oxygens (including phenoxy) is 2. The highest BCUT2D eigenvalue weighted by Crippen LogP contribution is 2.66. The zero-order valence-electron chi connectivity index (χ0n) is 17.9. The molecule has 0 heterocycles. The van der Waals surface area contributed by atoms with Gasteiger partial charge in [0.25, 0.3) is 0 Å². The zero-order valence-corrected chi connectivity index (χ0v) is 18.7. The van der Waals surface area contributed by atoms with Crippen molar-refractivity contribution in [3.05, 3.63) is 0 Å². The Kier molecular flexibility index (Phi) is 8.02. The van der Waals surface area contributed by atoms with E-state index in [2.05, 4.69) is 48.7 Å². The average molecular weight is 390 g/mol. The lowest BCUT2D eigenvalue weighted by Crippen LogP contribution is -3.00. The van der Waals surface area contributed by atoms with Crippen molar-refractivity contribution in [3.63, 3.8) is 0 Å². The van der Waals surface area contributed by atoms with E-state index in [4.69, 9.17) is 9.47 Å². The van der Waals surface area contributed by atoms with Crippen LogP contribution < -0.4 is 12.4 Å². The molecule has 2 rings (SSSR count). The molecule has 0 spiro atoms. The fourth-order valence-electron chi connectivity index (χ4n) is 4.71. The molecule has 0 aliphatic heterocycles. The quantitative estimate of drug-likeness (QED) is 0.434. The summed E-state index contributed by atoms with van der Waals surface area (Å²) in [6.45, 7) is 14.0. The van der Waals surface area contributed by atoms with Gasteiger partial charge in [-0.05, 0) is 48.3 Å². The first kappa shape index (κ1) is 23.7. The molecule has 3 unspecified atom stereocenters. The van der Waals surface area contributed by atoms with E-state index < -0.39 is 0 Å². The summed E-state index contributed by atoms with van der Waals surface area (Å²) in [6, 6.07) is 0. The molecule has 0 aromatic heterocycles. The van der Waals surface area contributed by atoms with Crippen LogP contribution in [0.2, 0.25) is 0 Å². The highest BCUT2D eigenvalue weighted by molar-refractivity contribution is 5.70. The Morgan fingerprint density at radius 2 is 1.85 bits per heavy atom. The molecule has 0 radical (unpaired) electrons. The van der Waals surface area contributed by atoms with Crippen LogP contribution in [-0.2, 0) is 14.3 Å². The fourth-order valence-corrected chi connectivity index (χ4v) is 4.71. The van der Waals surface area contributed by atoms with Crippen LogP contribution in [0.4, 0.5) is 0 Å². The molecule has 0 aromatic rings. The van der Waals surface area contributed by atoms with Gasteiger partial charge in [0, 0.05) is 0 Å². The van der Waals surface area contributed by atoms with Gasteiger partial charge in [0.05, 0.1) is 33.4 Å². The maximum atomic E-state index is 12.0. The van der Waals surface area contributed by atoms with Gasteiger partial charge in [0.2, 0.25) is 0 Å². The SMILES string of the molecule is CC(C)CCOC(=O)C[N+](C)(C)CCOC1CC2CCC1(C)C2(C)C.[Cl-]. The van der Waals surface area contributed by atoms with Crippen LogP contribution in [0.1, 0.15) is 60.3 Å². The average Bonchev–Trinajstić information content (AvgIpc) is 2.79. The molecule has 0 amide bonds. The Morgan fingerprint density at radius 3 is 2.35 bits per heavy atom. The Labute approximate surface area is 167 Å². The third kappa shape index (κ3) is 5.14. The second-order valence-electron chi connectivity index (χ2n) is 10.2. The van der Waals surface area contributed by atoms with E-state index >= 15 is 0 Å². The highest BCUT2D eigenvalue weighted by atomic mass is 35.5. The van der Waals surface area contributed by atoms with Gasteiger partial charge in [0.1, 0.15) is 6.54 Å². The van der Waals surface area contributed by atoms with Crippen molar-refractivity contribution < 1.29 is 31.2 Å². The van der Waals surface area contributed by atoms with Gasteiger partial charge in [-0.15, -0.1) is 0 Å². The van der Waals surface area contributed by atoms with Crippen molar-refractivity contribution in [2.75, 3.05) is 40.4 Å². The van der Waals surface area contributed by atoms with E-state index in [9.17, 15) is 4.79 Å². The van der Waals surface area contributed by atoms with Gasteiger partial charge in [-0.2, -0.15) is 0 Å². The number of quaternary nitrogens is 1. The number of likely N-dealkylation sites (N-methyl/N-ethyl adjacent to an activating group) is 1. The molecule has 3 atom stereocenters. The summed E-state index contributed by atoms with van der Waals surface area (Å²) in [5.41, 5.74) is 0.701. The summed E-state index contributed by atoms with van der Waals surface area (Å²) in [4.78, 5) is 12.0. The number of esters is 1. The number of carbonyl (C=O) groups excluding carboxylic acids is 1. The molecule has 154 valence electrons. The summed E-state index contributed by atoms with van der Waals surface area (Å²) in [7, 11) is 4.17. The van der Waals surface area contributed by atoms with Crippen molar-refractivity contribution in [2.24, 2.45) is 22.7 Å². The Hall–Kier alpha value is -0.320. The summed E-state index contributed by atoms with van der Waals surface area (Å²) in [6.07, 6.45) is 5.15. The predicted octanol–water partition coefficient (Wildman–Crippen LogP) is 0.888. The van der Waals surface area contributed by atoms with Crippen LogP contribution in [0, 0.1) is 22.7 Å². The number of fused-ring (bicyclic) bond motifs is 2. The largest absolute Gasteiger partial charge is 1.00 e. The van der Waals surface area contributed by atoms with Crippen molar-refractivity contribution in [2.45, 2.75) is 66.4 Å². The molecule has 4 nitrogen and oxygen atoms in total. The third-order valence-electron chi connectivity index (χ3n) is 7.24.